The van der Waals surface area contributed by atoms with E-state index in [-0.39, 0.29) is 54.5 Å². The number of ether oxygens (including phenoxy) is 3. The van der Waals surface area contributed by atoms with Crippen molar-refractivity contribution in [1.82, 2.24) is 20.9 Å². The molecule has 0 spiro atoms. The normalized spacial score (nSPS) is 18.6. The molecule has 1 aromatic carbocycles. The number of benzene rings is 1. The van der Waals surface area contributed by atoms with Gasteiger partial charge in [-0.05, 0) is 48.4 Å². The van der Waals surface area contributed by atoms with Gasteiger partial charge in [-0.25, -0.2) is 9.59 Å². The maximum atomic E-state index is 13.7. The van der Waals surface area contributed by atoms with Gasteiger partial charge in [0.05, 0.1) is 32.3 Å². The molecule has 1 fully saturated rings. The zero-order valence-corrected chi connectivity index (χ0v) is 29.7. The summed E-state index contributed by atoms with van der Waals surface area (Å²) in [6.07, 6.45) is 1.04. The van der Waals surface area contributed by atoms with Crippen molar-refractivity contribution >= 4 is 37.8 Å². The van der Waals surface area contributed by atoms with Crippen molar-refractivity contribution in [3.05, 3.63) is 34.9 Å². The summed E-state index contributed by atoms with van der Waals surface area (Å²) in [5, 5.41) is 9.93. The maximum Gasteiger partial charge on any atom is 0.409 e. The molecule has 4 atom stereocenters. The van der Waals surface area contributed by atoms with Gasteiger partial charge in [0.1, 0.15) is 0 Å². The fourth-order valence-electron chi connectivity index (χ4n) is 5.10. The van der Waals surface area contributed by atoms with E-state index in [4.69, 9.17) is 21.1 Å². The molecule has 1 aliphatic heterocycles. The second-order valence-corrected chi connectivity index (χ2v) is 20.3. The Hall–Kier alpha value is -2.34. The van der Waals surface area contributed by atoms with Crippen molar-refractivity contribution in [2.75, 3.05) is 53.6 Å². The molecule has 44 heavy (non-hydrogen) atoms. The summed E-state index contributed by atoms with van der Waals surface area (Å²) in [6.45, 7) is 15.8. The Labute approximate surface area is 270 Å². The van der Waals surface area contributed by atoms with Gasteiger partial charge in [-0.3, -0.25) is 4.79 Å². The Kier molecular flexibility index (Phi) is 15.5. The van der Waals surface area contributed by atoms with Crippen molar-refractivity contribution in [3.63, 3.8) is 0 Å². The van der Waals surface area contributed by atoms with Crippen molar-refractivity contribution in [1.29, 1.82) is 0 Å². The standard InChI is InChI=1S/C32H55ClN4O6Si/c1-32(2,3)13-12-27(22-37(4)31(40)43-16-17-44(6,7)8)36-29(38)25-18-24(20-34-21-25)28(23-10-9-11-26(33)19-23)42-15-14-35-30(39)41-5/h9-11,19,24-25,27-28,34H,12-18,20-22H2,1-8H3,(H,35,39)(H,36,38)/t24?,25?,27-,28+/m1/s1. The Morgan fingerprint density at radius 3 is 2.52 bits per heavy atom. The maximum absolute atomic E-state index is 13.7. The average molecular weight is 655 g/mol. The van der Waals surface area contributed by atoms with Gasteiger partial charge in [0.2, 0.25) is 5.91 Å². The van der Waals surface area contributed by atoms with Gasteiger partial charge in [-0.2, -0.15) is 0 Å². The number of carbonyl (C=O) groups excluding carboxylic acids is 3. The van der Waals surface area contributed by atoms with E-state index >= 15 is 0 Å². The van der Waals surface area contributed by atoms with E-state index in [1.807, 2.05) is 24.3 Å². The molecular weight excluding hydrogens is 600 g/mol. The number of carbonyl (C=O) groups is 3. The quantitative estimate of drug-likeness (QED) is 0.164. The number of methoxy groups -OCH3 is 1. The molecule has 1 saturated heterocycles. The first kappa shape index (κ1) is 37.8. The Bertz CT molecular complexity index is 1060. The first-order valence-corrected chi connectivity index (χ1v) is 19.7. The van der Waals surface area contributed by atoms with Crippen LogP contribution in [0.25, 0.3) is 0 Å². The van der Waals surface area contributed by atoms with E-state index in [0.29, 0.717) is 37.7 Å². The first-order chi connectivity index (χ1) is 20.6. The summed E-state index contributed by atoms with van der Waals surface area (Å²) in [4.78, 5) is 39.5. The molecule has 0 saturated carbocycles. The molecule has 0 aromatic heterocycles. The molecule has 0 aliphatic carbocycles. The number of halogens is 1. The number of rotatable bonds is 15. The van der Waals surface area contributed by atoms with Crippen LogP contribution in [-0.4, -0.2) is 90.7 Å². The number of piperidine rings is 1. The molecule has 0 bridgehead atoms. The lowest BCUT2D eigenvalue weighted by Gasteiger charge is -2.36. The number of alkyl carbamates (subject to hydrolysis) is 1. The fraction of sp³-hybridized carbons (Fsp3) is 0.719. The third kappa shape index (κ3) is 14.6. The topological polar surface area (TPSA) is 118 Å². The van der Waals surface area contributed by atoms with Gasteiger partial charge >= 0.3 is 12.2 Å². The van der Waals surface area contributed by atoms with Crippen LogP contribution in [0.15, 0.2) is 24.3 Å². The molecule has 250 valence electrons. The number of hydrogen-bond acceptors (Lipinski definition) is 7. The van der Waals surface area contributed by atoms with Crippen LogP contribution in [0.4, 0.5) is 9.59 Å². The van der Waals surface area contributed by atoms with E-state index in [9.17, 15) is 14.4 Å². The second kappa shape index (κ2) is 18.0. The minimum Gasteiger partial charge on any atom is -0.453 e. The van der Waals surface area contributed by atoms with Crippen LogP contribution < -0.4 is 16.0 Å². The monoisotopic (exact) mass is 654 g/mol. The minimum atomic E-state index is -1.32. The van der Waals surface area contributed by atoms with Crippen LogP contribution in [0.3, 0.4) is 0 Å². The summed E-state index contributed by atoms with van der Waals surface area (Å²) in [5.74, 6) is -0.328. The highest BCUT2D eigenvalue weighted by Crippen LogP contribution is 2.34. The molecular formula is C32H55ClN4O6Si. The molecule has 2 unspecified atom stereocenters. The third-order valence-electron chi connectivity index (χ3n) is 7.69. The third-order valence-corrected chi connectivity index (χ3v) is 9.63. The van der Waals surface area contributed by atoms with E-state index < -0.39 is 14.2 Å². The summed E-state index contributed by atoms with van der Waals surface area (Å²) in [6, 6.07) is 8.25. The number of amides is 3. The molecule has 1 aromatic rings. The molecule has 0 radical (unpaired) electrons. The van der Waals surface area contributed by atoms with Gasteiger partial charge in [0, 0.05) is 58.3 Å². The van der Waals surface area contributed by atoms with Crippen LogP contribution >= 0.6 is 11.6 Å². The van der Waals surface area contributed by atoms with Gasteiger partial charge in [0.25, 0.3) is 0 Å². The second-order valence-electron chi connectivity index (χ2n) is 14.2. The molecule has 12 heteroatoms. The van der Waals surface area contributed by atoms with Crippen LogP contribution in [0, 0.1) is 17.3 Å². The summed E-state index contributed by atoms with van der Waals surface area (Å²) in [7, 11) is 1.73. The lowest BCUT2D eigenvalue weighted by molar-refractivity contribution is -0.127. The highest BCUT2D eigenvalue weighted by Gasteiger charge is 2.34. The Morgan fingerprint density at radius 2 is 1.89 bits per heavy atom. The summed E-state index contributed by atoms with van der Waals surface area (Å²) < 4.78 is 16.5. The number of hydrogen-bond donors (Lipinski definition) is 3. The molecule has 1 heterocycles. The smallest absolute Gasteiger partial charge is 0.409 e. The predicted octanol–water partition coefficient (Wildman–Crippen LogP) is 5.70. The SMILES string of the molecule is COC(=O)NCCO[C@@H](c1cccc(Cl)c1)C1CNCC(C(=O)N[C@H](CCC(C)(C)C)CN(C)C(=O)OCC[Si](C)(C)C)C1. The number of nitrogens with one attached hydrogen (secondary N) is 3. The predicted molar refractivity (Wildman–Crippen MR) is 178 cm³/mol. The van der Waals surface area contributed by atoms with Crippen molar-refractivity contribution < 1.29 is 28.6 Å². The largest absolute Gasteiger partial charge is 0.453 e. The number of likely N-dealkylation sites (N-methyl/N-ethyl adjacent to an activating group) is 1. The fourth-order valence-corrected chi connectivity index (χ4v) is 6.01. The Morgan fingerprint density at radius 1 is 1.16 bits per heavy atom. The van der Waals surface area contributed by atoms with Gasteiger partial charge in [-0.1, -0.05) is 64.1 Å². The molecule has 2 rings (SSSR count). The van der Waals surface area contributed by atoms with Crippen LogP contribution in [0.2, 0.25) is 30.7 Å². The number of nitrogens with zero attached hydrogens (tertiary/aromatic N) is 1. The summed E-state index contributed by atoms with van der Waals surface area (Å²) in [5.41, 5.74) is 1.00. The lowest BCUT2D eigenvalue weighted by atomic mass is 9.83. The molecule has 3 amide bonds. The highest BCUT2D eigenvalue weighted by atomic mass is 35.5. The van der Waals surface area contributed by atoms with Crippen LogP contribution in [0.1, 0.15) is 51.7 Å². The lowest BCUT2D eigenvalue weighted by Crippen LogP contribution is -2.51. The van der Waals surface area contributed by atoms with Gasteiger partial charge in [0.15, 0.2) is 0 Å². The average Bonchev–Trinajstić information content (AvgIpc) is 2.94. The van der Waals surface area contributed by atoms with Gasteiger partial charge < -0.3 is 35.1 Å². The van der Waals surface area contributed by atoms with E-state index in [2.05, 4.69) is 61.1 Å². The zero-order chi connectivity index (χ0) is 32.9. The molecule has 10 nitrogen and oxygen atoms in total. The van der Waals surface area contributed by atoms with Gasteiger partial charge in [-0.15, -0.1) is 0 Å². The van der Waals surface area contributed by atoms with Crippen molar-refractivity contribution in [2.45, 2.75) is 77.9 Å². The summed E-state index contributed by atoms with van der Waals surface area (Å²) >= 11 is 6.32. The van der Waals surface area contributed by atoms with Crippen molar-refractivity contribution in [2.24, 2.45) is 17.3 Å². The van der Waals surface area contributed by atoms with E-state index in [1.54, 1.807) is 11.9 Å². The van der Waals surface area contributed by atoms with E-state index in [0.717, 1.165) is 24.4 Å². The van der Waals surface area contributed by atoms with E-state index in [1.165, 1.54) is 7.11 Å². The molecule has 3 N–H and O–H groups in total. The molecule has 1 aliphatic rings. The Balaban J connectivity index is 2.09. The van der Waals surface area contributed by atoms with Crippen LogP contribution in [-0.2, 0) is 19.0 Å². The van der Waals surface area contributed by atoms with Crippen LogP contribution in [0.5, 0.6) is 0 Å². The van der Waals surface area contributed by atoms with Crippen molar-refractivity contribution in [3.8, 4) is 0 Å². The highest BCUT2D eigenvalue weighted by molar-refractivity contribution is 6.76. The first-order valence-electron chi connectivity index (χ1n) is 15.7. The zero-order valence-electron chi connectivity index (χ0n) is 28.0. The minimum absolute atomic E-state index is 0.00636.